The summed E-state index contributed by atoms with van der Waals surface area (Å²) in [6.45, 7) is 23.7. The third-order valence-electron chi connectivity index (χ3n) is 8.42. The van der Waals surface area contributed by atoms with Gasteiger partial charge < -0.3 is 0 Å². The Bertz CT molecular complexity index is 395. The Labute approximate surface area is 121 Å². The van der Waals surface area contributed by atoms with Gasteiger partial charge in [0.25, 0.3) is 0 Å². The van der Waals surface area contributed by atoms with Crippen molar-refractivity contribution in [3.63, 3.8) is 0 Å². The molecule has 6 unspecified atom stereocenters. The molecule has 19 heavy (non-hydrogen) atoms. The lowest BCUT2D eigenvalue weighted by Crippen LogP contribution is -2.37. The van der Waals surface area contributed by atoms with Crippen LogP contribution in [0.5, 0.6) is 0 Å². The van der Waals surface area contributed by atoms with Gasteiger partial charge >= 0.3 is 0 Å². The van der Waals surface area contributed by atoms with Gasteiger partial charge in [-0.05, 0) is 52.3 Å². The summed E-state index contributed by atoms with van der Waals surface area (Å²) in [7, 11) is 0. The molecule has 0 bridgehead atoms. The Morgan fingerprint density at radius 1 is 1.21 bits per heavy atom. The number of fused-ring (bicyclic) bond motifs is 1. The van der Waals surface area contributed by atoms with Crippen LogP contribution in [0, 0.1) is 39.4 Å². The Morgan fingerprint density at radius 3 is 2.00 bits per heavy atom. The predicted molar refractivity (Wildman–Crippen MR) is 85.0 cm³/mol. The summed E-state index contributed by atoms with van der Waals surface area (Å²) in [6, 6.07) is 0. The van der Waals surface area contributed by atoms with E-state index in [9.17, 15) is 0 Å². The van der Waals surface area contributed by atoms with Crippen LogP contribution < -0.4 is 0 Å². The van der Waals surface area contributed by atoms with Crippen LogP contribution in [-0.4, -0.2) is 0 Å². The zero-order chi connectivity index (χ0) is 14.9. The molecule has 0 amide bonds. The molecule has 0 aromatic rings. The predicted octanol–water partition coefficient (Wildman–Crippen LogP) is 5.93. The van der Waals surface area contributed by atoms with Crippen LogP contribution in [0.1, 0.15) is 68.2 Å². The van der Waals surface area contributed by atoms with Gasteiger partial charge in [0.05, 0.1) is 0 Å². The minimum absolute atomic E-state index is 0.307. The Balaban J connectivity index is 2.28. The van der Waals surface area contributed by atoms with E-state index in [1.807, 2.05) is 0 Å². The van der Waals surface area contributed by atoms with Gasteiger partial charge in [0.2, 0.25) is 0 Å². The first-order valence-corrected chi connectivity index (χ1v) is 8.29. The van der Waals surface area contributed by atoms with Crippen LogP contribution >= 0.6 is 0 Å². The van der Waals surface area contributed by atoms with Crippen LogP contribution in [0.25, 0.3) is 0 Å². The summed E-state index contributed by atoms with van der Waals surface area (Å²) in [4.78, 5) is 0. The highest BCUT2D eigenvalue weighted by Gasteiger charge is 3.00. The molecule has 0 radical (unpaired) electrons. The van der Waals surface area contributed by atoms with Crippen LogP contribution in [0.15, 0.2) is 12.7 Å². The summed E-state index contributed by atoms with van der Waals surface area (Å²) >= 11 is 0. The summed E-state index contributed by atoms with van der Waals surface area (Å²) < 4.78 is 0. The van der Waals surface area contributed by atoms with Gasteiger partial charge in [-0.3, -0.25) is 0 Å². The molecule has 2 rings (SSSR count). The molecule has 110 valence electrons. The third kappa shape index (κ3) is 1.23. The molecule has 0 aliphatic heterocycles. The van der Waals surface area contributed by atoms with Crippen molar-refractivity contribution < 1.29 is 0 Å². The standard InChI is InChI=1S/C19H34/c1-10-16(7,11-2)14(6)15-18(9)17(8,13(4)5)19(15,18)12-3/h10,13-15H,1,11-12H2,2-9H3. The molecule has 0 spiro atoms. The van der Waals surface area contributed by atoms with E-state index >= 15 is 0 Å². The second-order valence-corrected chi connectivity index (χ2v) is 8.21. The number of rotatable bonds is 6. The molecule has 0 saturated heterocycles. The van der Waals surface area contributed by atoms with Crippen molar-refractivity contribution in [1.82, 2.24) is 0 Å². The number of allylic oxidation sites excluding steroid dienone is 1. The first kappa shape index (κ1) is 15.1. The monoisotopic (exact) mass is 262 g/mol. The van der Waals surface area contributed by atoms with Gasteiger partial charge in [-0.15, -0.1) is 6.58 Å². The maximum atomic E-state index is 4.12. The van der Waals surface area contributed by atoms with Gasteiger partial charge in [-0.25, -0.2) is 0 Å². The minimum atomic E-state index is 0.307. The van der Waals surface area contributed by atoms with Crippen molar-refractivity contribution in [3.8, 4) is 0 Å². The SMILES string of the molecule is C=CC(C)(CC)C(C)C1C2(C)C(C)(C(C)C)C12CC. The zero-order valence-corrected chi connectivity index (χ0v) is 14.4. The van der Waals surface area contributed by atoms with E-state index in [2.05, 4.69) is 68.0 Å². The molecule has 0 heterocycles. The molecule has 0 N–H and O–H groups in total. The van der Waals surface area contributed by atoms with E-state index < -0.39 is 0 Å². The molecule has 0 aromatic carbocycles. The second-order valence-electron chi connectivity index (χ2n) is 8.21. The summed E-state index contributed by atoms with van der Waals surface area (Å²) in [5.41, 5.74) is 2.08. The Kier molecular flexibility index (Phi) is 3.10. The topological polar surface area (TPSA) is 0 Å². The fraction of sp³-hybridized carbons (Fsp3) is 0.895. The first-order chi connectivity index (χ1) is 8.65. The molecule has 0 aromatic heterocycles. The van der Waals surface area contributed by atoms with Crippen molar-refractivity contribution in [3.05, 3.63) is 12.7 Å². The van der Waals surface area contributed by atoms with Crippen molar-refractivity contribution in [2.45, 2.75) is 68.2 Å². The Morgan fingerprint density at radius 2 is 1.74 bits per heavy atom. The lowest BCUT2D eigenvalue weighted by Gasteiger charge is -2.42. The fourth-order valence-corrected chi connectivity index (χ4v) is 6.42. The Hall–Kier alpha value is -0.260. The van der Waals surface area contributed by atoms with Gasteiger partial charge in [0.15, 0.2) is 0 Å². The van der Waals surface area contributed by atoms with Crippen LogP contribution in [-0.2, 0) is 0 Å². The molecule has 2 aliphatic carbocycles. The van der Waals surface area contributed by atoms with Crippen LogP contribution in [0.4, 0.5) is 0 Å². The molecule has 2 aliphatic rings. The van der Waals surface area contributed by atoms with E-state index in [1.165, 1.54) is 12.8 Å². The van der Waals surface area contributed by atoms with Gasteiger partial charge in [0.1, 0.15) is 0 Å². The molecule has 0 heteroatoms. The normalized spacial score (nSPS) is 48.4. The van der Waals surface area contributed by atoms with E-state index in [0.717, 1.165) is 17.8 Å². The molecular weight excluding hydrogens is 228 g/mol. The first-order valence-electron chi connectivity index (χ1n) is 8.29. The quantitative estimate of drug-likeness (QED) is 0.520. The zero-order valence-electron chi connectivity index (χ0n) is 14.4. The smallest absolute Gasteiger partial charge is 0.0123 e. The maximum absolute atomic E-state index is 4.12. The third-order valence-corrected chi connectivity index (χ3v) is 8.42. The van der Waals surface area contributed by atoms with Crippen molar-refractivity contribution in [1.29, 1.82) is 0 Å². The van der Waals surface area contributed by atoms with E-state index in [4.69, 9.17) is 0 Å². The second kappa shape index (κ2) is 3.89. The summed E-state index contributed by atoms with van der Waals surface area (Å²) in [5, 5.41) is 0. The van der Waals surface area contributed by atoms with E-state index in [0.29, 0.717) is 21.7 Å². The van der Waals surface area contributed by atoms with Crippen LogP contribution in [0.2, 0.25) is 0 Å². The maximum Gasteiger partial charge on any atom is -0.0123 e. The highest BCUT2D eigenvalue weighted by atomic mass is 15.0. The van der Waals surface area contributed by atoms with Gasteiger partial charge in [-0.1, -0.05) is 61.5 Å². The molecule has 6 atom stereocenters. The lowest BCUT2D eigenvalue weighted by molar-refractivity contribution is 0.0691. The number of hydrogen-bond acceptors (Lipinski definition) is 0. The molecule has 0 nitrogen and oxygen atoms in total. The largest absolute Gasteiger partial charge is 0.103 e. The van der Waals surface area contributed by atoms with Crippen LogP contribution in [0.3, 0.4) is 0 Å². The highest BCUT2D eigenvalue weighted by molar-refractivity contribution is 5.47. The summed E-state index contributed by atoms with van der Waals surface area (Å²) in [5.74, 6) is 2.46. The fourth-order valence-electron chi connectivity index (χ4n) is 6.42. The average Bonchev–Trinajstić information content (AvgIpc) is 3.13. The van der Waals surface area contributed by atoms with Gasteiger partial charge in [0, 0.05) is 0 Å². The van der Waals surface area contributed by atoms with E-state index in [-0.39, 0.29) is 0 Å². The minimum Gasteiger partial charge on any atom is -0.103 e. The van der Waals surface area contributed by atoms with E-state index in [1.54, 1.807) is 0 Å². The summed E-state index contributed by atoms with van der Waals surface area (Å²) in [6.07, 6.45) is 4.78. The highest BCUT2D eigenvalue weighted by Crippen LogP contribution is 3.04. The number of hydrogen-bond donors (Lipinski definition) is 0. The van der Waals surface area contributed by atoms with Gasteiger partial charge in [-0.2, -0.15) is 0 Å². The lowest BCUT2D eigenvalue weighted by atomic mass is 9.62. The average molecular weight is 262 g/mol. The molecule has 2 saturated carbocycles. The van der Waals surface area contributed by atoms with Crippen molar-refractivity contribution >= 4 is 0 Å². The van der Waals surface area contributed by atoms with Crippen molar-refractivity contribution in [2.24, 2.45) is 39.4 Å². The molecule has 2 fully saturated rings. The van der Waals surface area contributed by atoms with Crippen molar-refractivity contribution in [2.75, 3.05) is 0 Å². The molecular formula is C19H34.